The molecule has 0 fully saturated rings. The number of hydrogen-bond acceptors (Lipinski definition) is 3. The number of para-hydroxylation sites is 1. The zero-order valence-corrected chi connectivity index (χ0v) is 12.1. The number of nitriles is 1. The van der Waals surface area contributed by atoms with Crippen molar-refractivity contribution >= 4 is 17.3 Å². The first-order chi connectivity index (χ1) is 10.1. The number of nitrogens with one attached hydrogen (secondary N) is 2. The highest BCUT2D eigenvalue weighted by atomic mass is 16.1. The van der Waals surface area contributed by atoms with E-state index in [0.29, 0.717) is 11.3 Å². The summed E-state index contributed by atoms with van der Waals surface area (Å²) >= 11 is 0. The summed E-state index contributed by atoms with van der Waals surface area (Å²) in [5.41, 5.74) is 4.20. The van der Waals surface area contributed by atoms with Gasteiger partial charge in [0.1, 0.15) is 6.07 Å². The number of anilines is 2. The van der Waals surface area contributed by atoms with Crippen LogP contribution < -0.4 is 10.6 Å². The Hall–Kier alpha value is -2.80. The van der Waals surface area contributed by atoms with E-state index >= 15 is 0 Å². The van der Waals surface area contributed by atoms with Gasteiger partial charge in [-0.3, -0.25) is 4.79 Å². The summed E-state index contributed by atoms with van der Waals surface area (Å²) in [6.07, 6.45) is 0. The maximum Gasteiger partial charge on any atom is 0.243 e. The van der Waals surface area contributed by atoms with Crippen LogP contribution in [-0.4, -0.2) is 12.5 Å². The monoisotopic (exact) mass is 279 g/mol. The summed E-state index contributed by atoms with van der Waals surface area (Å²) in [6, 6.07) is 15.0. The molecule has 0 unspecified atom stereocenters. The van der Waals surface area contributed by atoms with Gasteiger partial charge < -0.3 is 10.6 Å². The van der Waals surface area contributed by atoms with Crippen molar-refractivity contribution in [3.8, 4) is 6.07 Å². The number of hydrogen-bond donors (Lipinski definition) is 2. The Morgan fingerprint density at radius 3 is 2.57 bits per heavy atom. The molecule has 2 aromatic rings. The Bertz CT molecular complexity index is 701. The van der Waals surface area contributed by atoms with Crippen molar-refractivity contribution in [1.82, 2.24) is 0 Å². The van der Waals surface area contributed by atoms with E-state index in [1.165, 1.54) is 0 Å². The SMILES string of the molecule is Cc1cccc(NC(=O)CNc2ccccc2C#N)c1C. The minimum atomic E-state index is -0.142. The molecule has 0 bridgehead atoms. The molecule has 0 saturated carbocycles. The van der Waals surface area contributed by atoms with Crippen LogP contribution in [0.5, 0.6) is 0 Å². The molecule has 0 aliphatic rings. The summed E-state index contributed by atoms with van der Waals surface area (Å²) in [5.74, 6) is -0.142. The topological polar surface area (TPSA) is 64.9 Å². The maximum atomic E-state index is 12.0. The van der Waals surface area contributed by atoms with Gasteiger partial charge in [-0.1, -0.05) is 24.3 Å². The lowest BCUT2D eigenvalue weighted by Crippen LogP contribution is -2.22. The van der Waals surface area contributed by atoms with Gasteiger partial charge in [0.25, 0.3) is 0 Å². The van der Waals surface area contributed by atoms with Gasteiger partial charge in [-0.2, -0.15) is 5.26 Å². The highest BCUT2D eigenvalue weighted by Gasteiger charge is 2.07. The lowest BCUT2D eigenvalue weighted by molar-refractivity contribution is -0.114. The van der Waals surface area contributed by atoms with Crippen molar-refractivity contribution in [1.29, 1.82) is 5.26 Å². The van der Waals surface area contributed by atoms with E-state index in [-0.39, 0.29) is 12.5 Å². The van der Waals surface area contributed by atoms with Gasteiger partial charge in [0.05, 0.1) is 17.8 Å². The van der Waals surface area contributed by atoms with Crippen molar-refractivity contribution in [3.05, 3.63) is 59.2 Å². The Labute approximate surface area is 124 Å². The van der Waals surface area contributed by atoms with Gasteiger partial charge in [-0.25, -0.2) is 0 Å². The molecule has 2 N–H and O–H groups in total. The van der Waals surface area contributed by atoms with Gasteiger partial charge in [0.2, 0.25) is 5.91 Å². The van der Waals surface area contributed by atoms with E-state index in [0.717, 1.165) is 16.8 Å². The van der Waals surface area contributed by atoms with Crippen LogP contribution in [0.25, 0.3) is 0 Å². The molecule has 0 radical (unpaired) electrons. The first-order valence-electron chi connectivity index (χ1n) is 6.71. The standard InChI is InChI=1S/C17H17N3O/c1-12-6-5-9-15(13(12)2)20-17(21)11-19-16-8-4-3-7-14(16)10-18/h3-9,19H,11H2,1-2H3,(H,20,21). The third-order valence-corrected chi connectivity index (χ3v) is 3.37. The van der Waals surface area contributed by atoms with Crippen LogP contribution in [0, 0.1) is 25.2 Å². The van der Waals surface area contributed by atoms with Gasteiger partial charge in [-0.15, -0.1) is 0 Å². The third-order valence-electron chi connectivity index (χ3n) is 3.37. The Balaban J connectivity index is 2.00. The minimum Gasteiger partial charge on any atom is -0.375 e. The molecule has 4 heteroatoms. The number of rotatable bonds is 4. The summed E-state index contributed by atoms with van der Waals surface area (Å²) < 4.78 is 0. The normalized spacial score (nSPS) is 9.76. The number of carbonyl (C=O) groups is 1. The zero-order valence-electron chi connectivity index (χ0n) is 12.1. The Morgan fingerprint density at radius 1 is 1.10 bits per heavy atom. The Morgan fingerprint density at radius 2 is 1.81 bits per heavy atom. The molecule has 0 spiro atoms. The number of nitrogens with zero attached hydrogens (tertiary/aromatic N) is 1. The van der Waals surface area contributed by atoms with Crippen molar-refractivity contribution in [2.75, 3.05) is 17.2 Å². The van der Waals surface area contributed by atoms with E-state index in [9.17, 15) is 4.79 Å². The lowest BCUT2D eigenvalue weighted by atomic mass is 10.1. The molecule has 0 aliphatic carbocycles. The smallest absolute Gasteiger partial charge is 0.243 e. The van der Waals surface area contributed by atoms with Crippen LogP contribution in [0.3, 0.4) is 0 Å². The highest BCUT2D eigenvalue weighted by molar-refractivity contribution is 5.94. The molecule has 0 heterocycles. The van der Waals surface area contributed by atoms with E-state index < -0.39 is 0 Å². The Kier molecular flexibility index (Phi) is 4.57. The van der Waals surface area contributed by atoms with Crippen LogP contribution in [-0.2, 0) is 4.79 Å². The second-order valence-electron chi connectivity index (χ2n) is 4.81. The predicted octanol–water partition coefficient (Wildman–Crippen LogP) is 3.23. The summed E-state index contributed by atoms with van der Waals surface area (Å²) in [7, 11) is 0. The average molecular weight is 279 g/mol. The maximum absolute atomic E-state index is 12.0. The quantitative estimate of drug-likeness (QED) is 0.903. The first kappa shape index (κ1) is 14.6. The van der Waals surface area contributed by atoms with E-state index in [1.807, 2.05) is 38.1 Å². The molecular formula is C17H17N3O. The predicted molar refractivity (Wildman–Crippen MR) is 84.2 cm³/mol. The number of aryl methyl sites for hydroxylation is 1. The molecule has 0 aliphatic heterocycles. The second-order valence-corrected chi connectivity index (χ2v) is 4.81. The molecule has 4 nitrogen and oxygen atoms in total. The molecule has 21 heavy (non-hydrogen) atoms. The van der Waals surface area contributed by atoms with Crippen LogP contribution in [0.4, 0.5) is 11.4 Å². The average Bonchev–Trinajstić information content (AvgIpc) is 2.50. The van der Waals surface area contributed by atoms with Gasteiger partial charge in [-0.05, 0) is 43.2 Å². The fourth-order valence-corrected chi connectivity index (χ4v) is 1.99. The fourth-order valence-electron chi connectivity index (χ4n) is 1.99. The lowest BCUT2D eigenvalue weighted by Gasteiger charge is -2.11. The minimum absolute atomic E-state index is 0.117. The molecule has 0 aromatic heterocycles. The third kappa shape index (κ3) is 3.61. The molecule has 0 saturated heterocycles. The summed E-state index contributed by atoms with van der Waals surface area (Å²) in [6.45, 7) is 4.10. The number of benzene rings is 2. The van der Waals surface area contributed by atoms with E-state index in [1.54, 1.807) is 18.2 Å². The molecule has 2 aromatic carbocycles. The highest BCUT2D eigenvalue weighted by Crippen LogP contribution is 2.18. The summed E-state index contributed by atoms with van der Waals surface area (Å²) in [5, 5.41) is 14.9. The zero-order chi connectivity index (χ0) is 15.2. The molecule has 106 valence electrons. The molecule has 1 amide bonds. The number of carbonyl (C=O) groups excluding carboxylic acids is 1. The fraction of sp³-hybridized carbons (Fsp3) is 0.176. The van der Waals surface area contributed by atoms with Crippen molar-refractivity contribution in [3.63, 3.8) is 0 Å². The van der Waals surface area contributed by atoms with Gasteiger partial charge in [0.15, 0.2) is 0 Å². The largest absolute Gasteiger partial charge is 0.375 e. The second kappa shape index (κ2) is 6.58. The van der Waals surface area contributed by atoms with Crippen LogP contribution >= 0.6 is 0 Å². The molecular weight excluding hydrogens is 262 g/mol. The van der Waals surface area contributed by atoms with Gasteiger partial charge >= 0.3 is 0 Å². The van der Waals surface area contributed by atoms with Crippen molar-refractivity contribution in [2.45, 2.75) is 13.8 Å². The number of amides is 1. The van der Waals surface area contributed by atoms with Crippen LogP contribution in [0.15, 0.2) is 42.5 Å². The van der Waals surface area contributed by atoms with Gasteiger partial charge in [0, 0.05) is 5.69 Å². The van der Waals surface area contributed by atoms with Crippen LogP contribution in [0.1, 0.15) is 16.7 Å². The van der Waals surface area contributed by atoms with Crippen molar-refractivity contribution in [2.24, 2.45) is 0 Å². The first-order valence-corrected chi connectivity index (χ1v) is 6.71. The van der Waals surface area contributed by atoms with E-state index in [4.69, 9.17) is 5.26 Å². The molecule has 0 atom stereocenters. The van der Waals surface area contributed by atoms with Crippen molar-refractivity contribution < 1.29 is 4.79 Å². The van der Waals surface area contributed by atoms with Crippen LogP contribution in [0.2, 0.25) is 0 Å². The molecule has 2 rings (SSSR count). The summed E-state index contributed by atoms with van der Waals surface area (Å²) in [4.78, 5) is 12.0. The van der Waals surface area contributed by atoms with E-state index in [2.05, 4.69) is 16.7 Å².